The van der Waals surface area contributed by atoms with Gasteiger partial charge in [0.2, 0.25) is 11.8 Å². The second kappa shape index (κ2) is 10.7. The number of fused-ring (bicyclic) bond motifs is 1. The van der Waals surface area contributed by atoms with E-state index in [0.29, 0.717) is 12.8 Å². The van der Waals surface area contributed by atoms with Gasteiger partial charge in [0.15, 0.2) is 5.71 Å². The number of carbonyl (C=O) groups excluding carboxylic acids is 3. The van der Waals surface area contributed by atoms with Crippen molar-refractivity contribution in [3.8, 4) is 0 Å². The molecule has 0 aromatic carbocycles. The SMILES string of the molecule is CCO/N=C(/COC1CC(N2C(=O)C3CCCCC3C2=O)C(F)CC1Cl)C(=O)OCC. The number of carbonyl (C=O) groups is 3. The van der Waals surface area contributed by atoms with Crippen molar-refractivity contribution in [2.75, 3.05) is 19.8 Å². The quantitative estimate of drug-likeness (QED) is 0.182. The highest BCUT2D eigenvalue weighted by molar-refractivity contribution is 6.37. The van der Waals surface area contributed by atoms with E-state index in [1.165, 1.54) is 0 Å². The molecule has 1 saturated heterocycles. The number of imide groups is 1. The van der Waals surface area contributed by atoms with Gasteiger partial charge in [-0.05, 0) is 39.5 Å². The molecule has 0 aromatic rings. The second-order valence-electron chi connectivity index (χ2n) is 8.14. The molecule has 6 atom stereocenters. The smallest absolute Gasteiger partial charge is 0.358 e. The summed E-state index contributed by atoms with van der Waals surface area (Å²) in [6.45, 7) is 3.58. The van der Waals surface area contributed by atoms with Crippen LogP contribution in [-0.2, 0) is 28.7 Å². The fourth-order valence-corrected chi connectivity index (χ4v) is 5.02. The lowest BCUT2D eigenvalue weighted by Crippen LogP contribution is -2.53. The Morgan fingerprint density at radius 2 is 1.77 bits per heavy atom. The van der Waals surface area contributed by atoms with Gasteiger partial charge >= 0.3 is 5.97 Å². The maximum atomic E-state index is 14.9. The molecule has 174 valence electrons. The molecule has 2 saturated carbocycles. The first-order valence-electron chi connectivity index (χ1n) is 11.0. The van der Waals surface area contributed by atoms with Crippen molar-refractivity contribution in [1.82, 2.24) is 4.90 Å². The van der Waals surface area contributed by atoms with Crippen LogP contribution in [0.2, 0.25) is 0 Å². The maximum absolute atomic E-state index is 14.9. The Kier molecular flexibility index (Phi) is 8.27. The first kappa shape index (κ1) is 23.9. The molecule has 3 fully saturated rings. The zero-order chi connectivity index (χ0) is 22.5. The molecule has 0 radical (unpaired) electrons. The Hall–Kier alpha value is -1.74. The van der Waals surface area contributed by atoms with Crippen LogP contribution in [0.3, 0.4) is 0 Å². The number of oxime groups is 1. The van der Waals surface area contributed by atoms with E-state index in [9.17, 15) is 18.8 Å². The molecule has 0 spiro atoms. The molecule has 0 aromatic heterocycles. The van der Waals surface area contributed by atoms with E-state index in [-0.39, 0.29) is 62.0 Å². The molecule has 3 rings (SSSR count). The molecule has 0 N–H and O–H groups in total. The number of alkyl halides is 2. The molecular weight excluding hydrogens is 431 g/mol. The number of amides is 2. The minimum atomic E-state index is -1.42. The van der Waals surface area contributed by atoms with E-state index in [1.807, 2.05) is 0 Å². The predicted molar refractivity (Wildman–Crippen MR) is 110 cm³/mol. The zero-order valence-corrected chi connectivity index (χ0v) is 18.7. The van der Waals surface area contributed by atoms with Crippen molar-refractivity contribution in [2.24, 2.45) is 17.0 Å². The van der Waals surface area contributed by atoms with Gasteiger partial charge < -0.3 is 14.3 Å². The molecule has 1 aliphatic heterocycles. The summed E-state index contributed by atoms with van der Waals surface area (Å²) in [5.41, 5.74) is -0.0640. The van der Waals surface area contributed by atoms with Crippen molar-refractivity contribution >= 4 is 35.1 Å². The molecule has 0 bridgehead atoms. The van der Waals surface area contributed by atoms with E-state index in [2.05, 4.69) is 5.16 Å². The predicted octanol–water partition coefficient (Wildman–Crippen LogP) is 2.61. The highest BCUT2D eigenvalue weighted by atomic mass is 35.5. The monoisotopic (exact) mass is 460 g/mol. The molecule has 31 heavy (non-hydrogen) atoms. The lowest BCUT2D eigenvalue weighted by molar-refractivity contribution is -0.146. The molecule has 10 heteroatoms. The van der Waals surface area contributed by atoms with Crippen LogP contribution in [-0.4, -0.2) is 71.9 Å². The van der Waals surface area contributed by atoms with Gasteiger partial charge in [-0.3, -0.25) is 14.5 Å². The van der Waals surface area contributed by atoms with Crippen LogP contribution in [0.4, 0.5) is 4.39 Å². The Labute approximate surface area is 186 Å². The average molecular weight is 461 g/mol. The van der Waals surface area contributed by atoms with Gasteiger partial charge in [0.1, 0.15) is 19.4 Å². The summed E-state index contributed by atoms with van der Waals surface area (Å²) in [6.07, 6.45) is 1.08. The number of ether oxygens (including phenoxy) is 2. The van der Waals surface area contributed by atoms with Crippen LogP contribution in [0, 0.1) is 11.8 Å². The summed E-state index contributed by atoms with van der Waals surface area (Å²) < 4.78 is 25.7. The third kappa shape index (κ3) is 5.19. The van der Waals surface area contributed by atoms with Crippen molar-refractivity contribution in [3.63, 3.8) is 0 Å². The Balaban J connectivity index is 1.69. The fraction of sp³-hybridized carbons (Fsp3) is 0.810. The van der Waals surface area contributed by atoms with E-state index in [1.54, 1.807) is 13.8 Å². The molecule has 1 heterocycles. The number of hydrogen-bond donors (Lipinski definition) is 0. The van der Waals surface area contributed by atoms with Gasteiger partial charge in [-0.25, -0.2) is 9.18 Å². The van der Waals surface area contributed by atoms with Crippen LogP contribution in [0.1, 0.15) is 52.4 Å². The van der Waals surface area contributed by atoms with Crippen molar-refractivity contribution in [1.29, 1.82) is 0 Å². The number of nitrogens with zero attached hydrogens (tertiary/aromatic N) is 2. The number of esters is 1. The summed E-state index contributed by atoms with van der Waals surface area (Å²) in [6, 6.07) is -0.916. The lowest BCUT2D eigenvalue weighted by Gasteiger charge is -2.39. The summed E-state index contributed by atoms with van der Waals surface area (Å²) in [5.74, 6) is -1.91. The van der Waals surface area contributed by atoms with E-state index >= 15 is 0 Å². The first-order chi connectivity index (χ1) is 14.9. The molecule has 3 aliphatic rings. The van der Waals surface area contributed by atoms with Gasteiger partial charge in [-0.2, -0.15) is 0 Å². The minimum Gasteiger partial charge on any atom is -0.461 e. The lowest BCUT2D eigenvalue weighted by atomic mass is 9.81. The van der Waals surface area contributed by atoms with Crippen molar-refractivity contribution < 1.29 is 33.1 Å². The molecule has 8 nitrogen and oxygen atoms in total. The van der Waals surface area contributed by atoms with E-state index < -0.39 is 29.7 Å². The Bertz CT molecular complexity index is 696. The second-order valence-corrected chi connectivity index (χ2v) is 8.70. The number of rotatable bonds is 8. The standard InChI is InChI=1S/C21H30ClFN2O6/c1-3-29-21(28)16(24-31-4-2)11-30-18-10-17(15(23)9-14(18)22)25-19(26)12-7-5-6-8-13(12)20(25)27/h12-15,17-18H,3-11H2,1-2H3/b24-16-. The fourth-order valence-electron chi connectivity index (χ4n) is 4.68. The molecule has 2 aliphatic carbocycles. The number of likely N-dealkylation sites (tertiary alicyclic amines) is 1. The summed E-state index contributed by atoms with van der Waals surface area (Å²) in [5, 5.41) is 3.07. The highest BCUT2D eigenvalue weighted by Gasteiger charge is 2.53. The maximum Gasteiger partial charge on any atom is 0.358 e. The van der Waals surface area contributed by atoms with Gasteiger partial charge in [0.25, 0.3) is 0 Å². The Morgan fingerprint density at radius 1 is 1.13 bits per heavy atom. The normalized spacial score (nSPS) is 33.9. The molecular formula is C21H30ClFN2O6. The van der Waals surface area contributed by atoms with E-state index in [4.69, 9.17) is 25.9 Å². The van der Waals surface area contributed by atoms with Gasteiger partial charge in [-0.1, -0.05) is 18.0 Å². The van der Waals surface area contributed by atoms with Crippen LogP contribution in [0.25, 0.3) is 0 Å². The van der Waals surface area contributed by atoms with E-state index in [0.717, 1.165) is 17.7 Å². The third-order valence-corrected chi connectivity index (χ3v) is 6.66. The van der Waals surface area contributed by atoms with Crippen LogP contribution in [0.5, 0.6) is 0 Å². The van der Waals surface area contributed by atoms with Crippen LogP contribution in [0.15, 0.2) is 5.16 Å². The van der Waals surface area contributed by atoms with Crippen molar-refractivity contribution in [3.05, 3.63) is 0 Å². The van der Waals surface area contributed by atoms with Crippen LogP contribution >= 0.6 is 11.6 Å². The number of hydrogen-bond acceptors (Lipinski definition) is 7. The average Bonchev–Trinajstić information content (AvgIpc) is 3.00. The summed E-state index contributed by atoms with van der Waals surface area (Å²) in [7, 11) is 0. The number of halogens is 2. The third-order valence-electron chi connectivity index (χ3n) is 6.20. The van der Waals surface area contributed by atoms with Gasteiger partial charge in [0.05, 0.1) is 36.0 Å². The van der Waals surface area contributed by atoms with Gasteiger partial charge in [0, 0.05) is 0 Å². The zero-order valence-electron chi connectivity index (χ0n) is 17.9. The topological polar surface area (TPSA) is 94.5 Å². The van der Waals surface area contributed by atoms with Crippen molar-refractivity contribution in [2.45, 2.75) is 76.1 Å². The molecule has 2 amide bonds. The Morgan fingerprint density at radius 3 is 2.35 bits per heavy atom. The van der Waals surface area contributed by atoms with Gasteiger partial charge in [-0.15, -0.1) is 11.6 Å². The first-order valence-corrected chi connectivity index (χ1v) is 11.4. The largest absolute Gasteiger partial charge is 0.461 e. The summed E-state index contributed by atoms with van der Waals surface area (Å²) >= 11 is 6.33. The van der Waals surface area contributed by atoms with Crippen LogP contribution < -0.4 is 0 Å². The summed E-state index contributed by atoms with van der Waals surface area (Å²) in [4.78, 5) is 43.9. The highest BCUT2D eigenvalue weighted by Crippen LogP contribution is 2.42. The minimum absolute atomic E-state index is 0.0549. The molecule has 6 unspecified atom stereocenters.